The van der Waals surface area contributed by atoms with Gasteiger partial charge in [0, 0.05) is 13.1 Å². The standard InChI is InChI=1S/C20H20N4O2S2/c1-14-8-10-24(11-9-14)20-19(22-15-5-2-3-6-16(15)23-20)17(13-21)28(25,26)18-7-4-12-27-18/h2-7,12,14,17H,8-11H2,1H3. The van der Waals surface area contributed by atoms with Gasteiger partial charge in [0.25, 0.3) is 0 Å². The lowest BCUT2D eigenvalue weighted by Gasteiger charge is -2.32. The van der Waals surface area contributed by atoms with Crippen LogP contribution in [0, 0.1) is 17.2 Å². The molecule has 0 saturated carbocycles. The lowest BCUT2D eigenvalue weighted by molar-refractivity contribution is 0.436. The molecule has 1 aromatic carbocycles. The maximum absolute atomic E-state index is 13.1. The molecule has 1 saturated heterocycles. The second kappa shape index (κ2) is 7.49. The van der Waals surface area contributed by atoms with E-state index >= 15 is 0 Å². The van der Waals surface area contributed by atoms with E-state index < -0.39 is 15.1 Å². The van der Waals surface area contributed by atoms with Crippen molar-refractivity contribution in [3.8, 4) is 6.07 Å². The first kappa shape index (κ1) is 18.8. The molecule has 28 heavy (non-hydrogen) atoms. The van der Waals surface area contributed by atoms with E-state index in [0.717, 1.165) is 37.3 Å². The number of hydrogen-bond donors (Lipinski definition) is 0. The molecule has 8 heteroatoms. The van der Waals surface area contributed by atoms with Crippen LogP contribution in [0.3, 0.4) is 0 Å². The van der Waals surface area contributed by atoms with E-state index in [1.165, 1.54) is 6.07 Å². The Morgan fingerprint density at radius 1 is 1.14 bits per heavy atom. The molecule has 1 aliphatic rings. The second-order valence-corrected chi connectivity index (χ2v) is 10.3. The number of rotatable bonds is 4. The topological polar surface area (TPSA) is 86.9 Å². The summed E-state index contributed by atoms with van der Waals surface area (Å²) in [6, 6.07) is 12.5. The van der Waals surface area contributed by atoms with E-state index in [-0.39, 0.29) is 9.90 Å². The van der Waals surface area contributed by atoms with Gasteiger partial charge in [0.1, 0.15) is 9.90 Å². The van der Waals surface area contributed by atoms with Crippen LogP contribution in [-0.2, 0) is 9.84 Å². The van der Waals surface area contributed by atoms with E-state index in [1.54, 1.807) is 17.5 Å². The van der Waals surface area contributed by atoms with Crippen molar-refractivity contribution in [1.82, 2.24) is 9.97 Å². The summed E-state index contributed by atoms with van der Waals surface area (Å²) in [7, 11) is -3.87. The normalized spacial score (nSPS) is 16.8. The summed E-state index contributed by atoms with van der Waals surface area (Å²) < 4.78 is 26.5. The van der Waals surface area contributed by atoms with Crippen LogP contribution in [0.15, 0.2) is 46.0 Å². The molecule has 1 fully saturated rings. The first-order chi connectivity index (χ1) is 13.5. The Hall–Kier alpha value is -2.50. The van der Waals surface area contributed by atoms with Crippen molar-refractivity contribution in [2.24, 2.45) is 5.92 Å². The molecular weight excluding hydrogens is 392 g/mol. The van der Waals surface area contributed by atoms with Crippen LogP contribution in [0.5, 0.6) is 0 Å². The van der Waals surface area contributed by atoms with E-state index in [2.05, 4.69) is 16.8 Å². The van der Waals surface area contributed by atoms with Crippen LogP contribution in [0.1, 0.15) is 30.7 Å². The van der Waals surface area contributed by atoms with Gasteiger partial charge in [0.05, 0.1) is 17.1 Å². The number of anilines is 1. The van der Waals surface area contributed by atoms with Gasteiger partial charge in [0.2, 0.25) is 9.84 Å². The summed E-state index contributed by atoms with van der Waals surface area (Å²) in [6.07, 6.45) is 2.01. The quantitative estimate of drug-likeness (QED) is 0.644. The Morgan fingerprint density at radius 3 is 2.43 bits per heavy atom. The molecule has 6 nitrogen and oxygen atoms in total. The van der Waals surface area contributed by atoms with Gasteiger partial charge in [-0.25, -0.2) is 18.4 Å². The minimum absolute atomic E-state index is 0.173. The van der Waals surface area contributed by atoms with Crippen molar-refractivity contribution in [2.45, 2.75) is 29.2 Å². The Balaban J connectivity index is 1.88. The molecule has 0 radical (unpaired) electrons. The predicted molar refractivity (Wildman–Crippen MR) is 110 cm³/mol. The number of piperidine rings is 1. The number of para-hydroxylation sites is 2. The third kappa shape index (κ3) is 3.36. The average molecular weight is 413 g/mol. The molecule has 3 heterocycles. The number of fused-ring (bicyclic) bond motifs is 1. The van der Waals surface area contributed by atoms with E-state index in [0.29, 0.717) is 22.8 Å². The summed E-state index contributed by atoms with van der Waals surface area (Å²) in [5.74, 6) is 1.13. The highest BCUT2D eigenvalue weighted by atomic mass is 32.2. The summed E-state index contributed by atoms with van der Waals surface area (Å²) in [5.41, 5.74) is 1.52. The van der Waals surface area contributed by atoms with E-state index in [1.807, 2.05) is 24.3 Å². The van der Waals surface area contributed by atoms with Gasteiger partial charge in [-0.05, 0) is 42.3 Å². The summed E-state index contributed by atoms with van der Waals surface area (Å²) in [4.78, 5) is 11.4. The van der Waals surface area contributed by atoms with Crippen molar-refractivity contribution >= 4 is 38.0 Å². The fourth-order valence-electron chi connectivity index (χ4n) is 3.45. The van der Waals surface area contributed by atoms with Crippen LogP contribution in [0.2, 0.25) is 0 Å². The van der Waals surface area contributed by atoms with Crippen LogP contribution in [0.25, 0.3) is 11.0 Å². The van der Waals surface area contributed by atoms with Crippen LogP contribution in [0.4, 0.5) is 5.82 Å². The third-order valence-electron chi connectivity index (χ3n) is 5.11. The van der Waals surface area contributed by atoms with Crippen molar-refractivity contribution in [3.05, 3.63) is 47.5 Å². The first-order valence-electron chi connectivity index (χ1n) is 9.19. The van der Waals surface area contributed by atoms with Crippen molar-refractivity contribution < 1.29 is 8.42 Å². The van der Waals surface area contributed by atoms with E-state index in [9.17, 15) is 13.7 Å². The molecule has 0 N–H and O–H groups in total. The Morgan fingerprint density at radius 2 is 1.82 bits per heavy atom. The van der Waals surface area contributed by atoms with Crippen molar-refractivity contribution in [2.75, 3.05) is 18.0 Å². The van der Waals surface area contributed by atoms with Gasteiger partial charge in [0.15, 0.2) is 11.1 Å². The van der Waals surface area contributed by atoms with Gasteiger partial charge >= 0.3 is 0 Å². The highest BCUT2D eigenvalue weighted by molar-refractivity contribution is 7.93. The Bertz CT molecular complexity index is 1130. The fraction of sp³-hybridized carbons (Fsp3) is 0.350. The fourth-order valence-corrected chi connectivity index (χ4v) is 5.98. The Kier molecular flexibility index (Phi) is 5.04. The maximum atomic E-state index is 13.1. The van der Waals surface area contributed by atoms with Crippen LogP contribution < -0.4 is 4.90 Å². The molecule has 1 unspecified atom stereocenters. The second-order valence-electron chi connectivity index (χ2n) is 7.08. The van der Waals surface area contributed by atoms with Gasteiger partial charge in [-0.3, -0.25) is 0 Å². The highest BCUT2D eigenvalue weighted by Crippen LogP contribution is 2.36. The molecule has 3 aromatic rings. The highest BCUT2D eigenvalue weighted by Gasteiger charge is 2.36. The van der Waals surface area contributed by atoms with Crippen LogP contribution >= 0.6 is 11.3 Å². The number of hydrogen-bond acceptors (Lipinski definition) is 7. The zero-order valence-electron chi connectivity index (χ0n) is 15.4. The summed E-state index contributed by atoms with van der Waals surface area (Å²) in [6.45, 7) is 3.76. The predicted octanol–water partition coefficient (Wildman–Crippen LogP) is 3.97. The SMILES string of the molecule is CC1CCN(c2nc3ccccc3nc2C(C#N)S(=O)(=O)c2cccs2)CC1. The largest absolute Gasteiger partial charge is 0.355 e. The minimum Gasteiger partial charge on any atom is -0.355 e. The van der Waals surface area contributed by atoms with E-state index in [4.69, 9.17) is 4.98 Å². The molecule has 0 spiro atoms. The number of nitriles is 1. The number of aromatic nitrogens is 2. The summed E-state index contributed by atoms with van der Waals surface area (Å²) >= 11 is 1.11. The summed E-state index contributed by atoms with van der Waals surface area (Å²) in [5, 5.41) is 10.1. The van der Waals surface area contributed by atoms with Gasteiger partial charge in [-0.1, -0.05) is 25.1 Å². The molecule has 2 aromatic heterocycles. The molecule has 1 atom stereocenters. The van der Waals surface area contributed by atoms with Crippen LogP contribution in [-0.4, -0.2) is 31.5 Å². The van der Waals surface area contributed by atoms with Crippen molar-refractivity contribution in [1.29, 1.82) is 5.26 Å². The number of sulfone groups is 1. The third-order valence-corrected chi connectivity index (χ3v) is 8.41. The molecule has 0 bridgehead atoms. The molecule has 1 aliphatic heterocycles. The zero-order valence-corrected chi connectivity index (χ0v) is 17.1. The lowest BCUT2D eigenvalue weighted by atomic mass is 9.99. The minimum atomic E-state index is -3.87. The molecule has 0 aliphatic carbocycles. The smallest absolute Gasteiger partial charge is 0.209 e. The monoisotopic (exact) mass is 412 g/mol. The van der Waals surface area contributed by atoms with Gasteiger partial charge < -0.3 is 4.90 Å². The zero-order chi connectivity index (χ0) is 19.7. The molecule has 4 rings (SSSR count). The van der Waals surface area contributed by atoms with Crippen molar-refractivity contribution in [3.63, 3.8) is 0 Å². The number of benzene rings is 1. The molecule has 0 amide bonds. The molecular formula is C20H20N4O2S2. The van der Waals surface area contributed by atoms with Gasteiger partial charge in [-0.15, -0.1) is 11.3 Å². The molecule has 144 valence electrons. The maximum Gasteiger partial charge on any atom is 0.209 e. The first-order valence-corrected chi connectivity index (χ1v) is 11.6. The Labute approximate surface area is 168 Å². The average Bonchev–Trinajstić information content (AvgIpc) is 3.24. The number of nitrogens with zero attached hydrogens (tertiary/aromatic N) is 4. The lowest BCUT2D eigenvalue weighted by Crippen LogP contribution is -2.35. The number of thiophene rings is 1. The van der Waals surface area contributed by atoms with Gasteiger partial charge in [-0.2, -0.15) is 5.26 Å².